The van der Waals surface area contributed by atoms with E-state index in [2.05, 4.69) is 10.1 Å². The summed E-state index contributed by atoms with van der Waals surface area (Å²) in [7, 11) is -4.17. The number of hydrogen-bond donors (Lipinski definition) is 1. The molecule has 2 aromatic carbocycles. The van der Waals surface area contributed by atoms with Crippen LogP contribution in [0.25, 0.3) is 6.08 Å². The second kappa shape index (κ2) is 12.4. The van der Waals surface area contributed by atoms with Crippen LogP contribution < -0.4 is 9.62 Å². The number of benzene rings is 2. The highest BCUT2D eigenvalue weighted by Gasteiger charge is 2.33. The van der Waals surface area contributed by atoms with Gasteiger partial charge in [-0.3, -0.25) is 14.3 Å². The van der Waals surface area contributed by atoms with Crippen molar-refractivity contribution in [1.29, 1.82) is 0 Å². The number of anilines is 1. The summed E-state index contributed by atoms with van der Waals surface area (Å²) in [5.41, 5.74) is 2.30. The second-order valence-corrected chi connectivity index (χ2v) is 10.9. The van der Waals surface area contributed by atoms with E-state index in [1.54, 1.807) is 59.8 Å². The molecule has 2 heterocycles. The van der Waals surface area contributed by atoms with Gasteiger partial charge in [-0.25, -0.2) is 18.1 Å². The third-order valence-corrected chi connectivity index (χ3v) is 7.38. The van der Waals surface area contributed by atoms with E-state index in [0.29, 0.717) is 29.3 Å². The van der Waals surface area contributed by atoms with Gasteiger partial charge in [-0.05, 0) is 42.7 Å². The van der Waals surface area contributed by atoms with Crippen LogP contribution in [0.3, 0.4) is 0 Å². The van der Waals surface area contributed by atoms with Gasteiger partial charge < -0.3 is 4.90 Å². The molecule has 9 nitrogen and oxygen atoms in total. The first-order chi connectivity index (χ1) is 18.3. The number of para-hydroxylation sites is 1. The van der Waals surface area contributed by atoms with E-state index in [1.165, 1.54) is 22.3 Å². The normalized spacial score (nSPS) is 12.3. The van der Waals surface area contributed by atoms with Crippen LogP contribution in [0.15, 0.2) is 90.0 Å². The number of aromatic nitrogens is 3. The minimum Gasteiger partial charge on any atom is -0.312 e. The largest absolute Gasteiger partial charge is 0.312 e. The highest BCUT2D eigenvalue weighted by molar-refractivity contribution is 7.93. The fourth-order valence-electron chi connectivity index (χ4n) is 3.87. The fraction of sp³-hybridized carbons (Fsp3) is 0.185. The van der Waals surface area contributed by atoms with Crippen molar-refractivity contribution in [3.8, 4) is 0 Å². The maximum Gasteiger partial charge on any atom is 0.257 e. The fourth-order valence-corrected chi connectivity index (χ4v) is 5.28. The van der Waals surface area contributed by atoms with E-state index in [1.807, 2.05) is 41.1 Å². The van der Waals surface area contributed by atoms with E-state index < -0.39 is 27.8 Å². The van der Waals surface area contributed by atoms with Gasteiger partial charge in [0.05, 0.1) is 18.1 Å². The van der Waals surface area contributed by atoms with Gasteiger partial charge >= 0.3 is 0 Å². The lowest BCUT2D eigenvalue weighted by Gasteiger charge is -2.25. The number of carbonyl (C=O) groups excluding carboxylic acids is 2. The van der Waals surface area contributed by atoms with Crippen molar-refractivity contribution in [2.75, 3.05) is 11.4 Å². The van der Waals surface area contributed by atoms with Gasteiger partial charge in [0.2, 0.25) is 11.8 Å². The molecule has 0 aliphatic rings. The lowest BCUT2D eigenvalue weighted by atomic mass is 9.99. The molecule has 0 spiro atoms. The maximum atomic E-state index is 13.7. The summed E-state index contributed by atoms with van der Waals surface area (Å²) in [6.07, 6.45) is 6.18. The summed E-state index contributed by atoms with van der Waals surface area (Å²) in [5.74, 6) is -2.72. The average Bonchev–Trinajstić information content (AvgIpc) is 3.60. The first-order valence-corrected chi connectivity index (χ1v) is 14.3. The molecule has 0 fully saturated rings. The average molecular weight is 550 g/mol. The number of nitrogens with zero attached hydrogens (tertiary/aromatic N) is 4. The zero-order chi connectivity index (χ0) is 27.0. The zero-order valence-electron chi connectivity index (χ0n) is 20.7. The highest BCUT2D eigenvalue weighted by Crippen LogP contribution is 2.20. The van der Waals surface area contributed by atoms with Crippen molar-refractivity contribution >= 4 is 44.9 Å². The Morgan fingerprint density at radius 1 is 1.08 bits per heavy atom. The van der Waals surface area contributed by atoms with E-state index in [-0.39, 0.29) is 6.42 Å². The van der Waals surface area contributed by atoms with Crippen LogP contribution in [0.1, 0.15) is 23.1 Å². The Hall–Kier alpha value is -4.09. The highest BCUT2D eigenvalue weighted by atomic mass is 32.2. The maximum absolute atomic E-state index is 13.7. The van der Waals surface area contributed by atoms with Gasteiger partial charge in [-0.1, -0.05) is 48.5 Å². The monoisotopic (exact) mass is 549 g/mol. The molecule has 1 atom stereocenters. The molecule has 0 bridgehead atoms. The van der Waals surface area contributed by atoms with E-state index in [9.17, 15) is 18.0 Å². The molecule has 11 heteroatoms. The number of sulfonamides is 1. The first-order valence-electron chi connectivity index (χ1n) is 11.9. The third kappa shape index (κ3) is 7.24. The molecule has 2 amide bonds. The molecule has 1 unspecified atom stereocenters. The number of rotatable bonds is 11. The second-order valence-electron chi connectivity index (χ2n) is 8.39. The molecule has 0 aliphatic heterocycles. The molecule has 0 saturated heterocycles. The molecule has 0 aliphatic carbocycles. The van der Waals surface area contributed by atoms with Gasteiger partial charge in [0.25, 0.3) is 10.0 Å². The number of nitrogens with one attached hydrogen (secondary N) is 1. The number of amides is 2. The summed E-state index contributed by atoms with van der Waals surface area (Å²) >= 11 is 1.26. The Kier molecular flexibility index (Phi) is 8.82. The van der Waals surface area contributed by atoms with Crippen molar-refractivity contribution < 1.29 is 18.0 Å². The molecule has 0 saturated carbocycles. The van der Waals surface area contributed by atoms with E-state index in [4.69, 9.17) is 0 Å². The standard InChI is InChI=1S/C27H27N5O4S2/c1-2-32(23-11-7-4-8-12-23)27(34)24(26(33)30-38(35,36)16-13-25-28-14-15-37-25)17-22-18-29-31(20-22)19-21-9-5-3-6-10-21/h3-16,18,20,24H,2,17,19H2,1H3,(H,30,33)/b16-13+. The summed E-state index contributed by atoms with van der Waals surface area (Å²) in [6, 6.07) is 18.7. The van der Waals surface area contributed by atoms with Crippen molar-refractivity contribution in [2.24, 2.45) is 5.92 Å². The van der Waals surface area contributed by atoms with Crippen LogP contribution in [0.2, 0.25) is 0 Å². The van der Waals surface area contributed by atoms with Gasteiger partial charge in [-0.15, -0.1) is 11.3 Å². The van der Waals surface area contributed by atoms with Crippen molar-refractivity contribution in [3.63, 3.8) is 0 Å². The molecule has 0 radical (unpaired) electrons. The predicted octanol–water partition coefficient (Wildman–Crippen LogP) is 3.72. The number of carbonyl (C=O) groups is 2. The Labute approximate surface area is 225 Å². The Morgan fingerprint density at radius 3 is 2.45 bits per heavy atom. The van der Waals surface area contributed by atoms with E-state index in [0.717, 1.165) is 11.0 Å². The van der Waals surface area contributed by atoms with Gasteiger partial charge in [0, 0.05) is 30.0 Å². The van der Waals surface area contributed by atoms with Crippen LogP contribution in [-0.4, -0.2) is 41.5 Å². The molecule has 196 valence electrons. The van der Waals surface area contributed by atoms with Crippen molar-refractivity contribution in [2.45, 2.75) is 19.9 Å². The lowest BCUT2D eigenvalue weighted by molar-refractivity contribution is -0.132. The van der Waals surface area contributed by atoms with Crippen LogP contribution in [0.4, 0.5) is 5.69 Å². The molecular weight excluding hydrogens is 522 g/mol. The first kappa shape index (κ1) is 27.0. The number of hydrogen-bond acceptors (Lipinski definition) is 7. The number of thiazole rings is 1. The van der Waals surface area contributed by atoms with Crippen LogP contribution >= 0.6 is 11.3 Å². The Balaban J connectivity index is 1.57. The summed E-state index contributed by atoms with van der Waals surface area (Å²) < 4.78 is 29.1. The summed E-state index contributed by atoms with van der Waals surface area (Å²) in [4.78, 5) is 32.4. The van der Waals surface area contributed by atoms with Crippen LogP contribution in [0, 0.1) is 5.92 Å². The van der Waals surface area contributed by atoms with Crippen molar-refractivity contribution in [3.05, 3.63) is 106 Å². The van der Waals surface area contributed by atoms with Gasteiger partial charge in [0.15, 0.2) is 0 Å². The molecular formula is C27H27N5O4S2. The molecule has 4 rings (SSSR count). The minimum absolute atomic E-state index is 0.0193. The summed E-state index contributed by atoms with van der Waals surface area (Å²) in [5, 5.41) is 7.42. The smallest absolute Gasteiger partial charge is 0.257 e. The predicted molar refractivity (Wildman–Crippen MR) is 148 cm³/mol. The zero-order valence-corrected chi connectivity index (χ0v) is 22.3. The molecule has 1 N–H and O–H groups in total. The lowest BCUT2D eigenvalue weighted by Crippen LogP contribution is -2.46. The Morgan fingerprint density at radius 2 is 1.79 bits per heavy atom. The van der Waals surface area contributed by atoms with Crippen LogP contribution in [0.5, 0.6) is 0 Å². The quantitative estimate of drug-likeness (QED) is 0.285. The molecule has 2 aromatic heterocycles. The topological polar surface area (TPSA) is 114 Å². The third-order valence-electron chi connectivity index (χ3n) is 5.66. The van der Waals surface area contributed by atoms with Gasteiger partial charge in [0.1, 0.15) is 10.9 Å². The Bertz CT molecular complexity index is 1480. The van der Waals surface area contributed by atoms with E-state index >= 15 is 0 Å². The SMILES string of the molecule is CCN(C(=O)C(Cc1cnn(Cc2ccccc2)c1)C(=O)NS(=O)(=O)/C=C/c1nccs1)c1ccccc1. The molecule has 38 heavy (non-hydrogen) atoms. The molecule has 4 aromatic rings. The van der Waals surface area contributed by atoms with Gasteiger partial charge in [-0.2, -0.15) is 5.10 Å². The van der Waals surface area contributed by atoms with Crippen LogP contribution in [-0.2, 0) is 32.6 Å². The van der Waals surface area contributed by atoms with Crippen molar-refractivity contribution in [1.82, 2.24) is 19.5 Å². The minimum atomic E-state index is -4.17. The summed E-state index contributed by atoms with van der Waals surface area (Å²) in [6.45, 7) is 2.62.